The van der Waals surface area contributed by atoms with Gasteiger partial charge in [0.2, 0.25) is 11.8 Å². The molecule has 0 spiro atoms. The van der Waals surface area contributed by atoms with Crippen molar-refractivity contribution in [3.8, 4) is 11.4 Å². The summed E-state index contributed by atoms with van der Waals surface area (Å²) in [7, 11) is 0. The second kappa shape index (κ2) is 8.49. The number of hydrogen-bond donors (Lipinski definition) is 2. The van der Waals surface area contributed by atoms with Crippen molar-refractivity contribution in [2.75, 3.05) is 11.9 Å². The molecule has 0 aliphatic carbocycles. The number of benzene rings is 2. The summed E-state index contributed by atoms with van der Waals surface area (Å²) in [6.07, 6.45) is 0.965. The summed E-state index contributed by atoms with van der Waals surface area (Å²) in [6.45, 7) is 4.40. The quantitative estimate of drug-likeness (QED) is 0.658. The molecule has 1 aliphatic rings. The summed E-state index contributed by atoms with van der Waals surface area (Å²) >= 11 is 0. The maximum Gasteiger partial charge on any atom is 0.229 e. The molecule has 2 aromatic carbocycles. The van der Waals surface area contributed by atoms with Gasteiger partial charge in [-0.05, 0) is 24.6 Å². The monoisotopic (exact) mass is 403 g/mol. The molecule has 2 heterocycles. The first kappa shape index (κ1) is 19.8. The number of aromatic amines is 1. The average molecular weight is 403 g/mol. The highest BCUT2D eigenvalue weighted by molar-refractivity contribution is 5.99. The van der Waals surface area contributed by atoms with Crippen LogP contribution >= 0.6 is 0 Å². The van der Waals surface area contributed by atoms with E-state index in [1.165, 1.54) is 0 Å². The van der Waals surface area contributed by atoms with Crippen LogP contribution in [0.15, 0.2) is 54.6 Å². The van der Waals surface area contributed by atoms with Gasteiger partial charge in [-0.3, -0.25) is 14.7 Å². The molecule has 7 nitrogen and oxygen atoms in total. The predicted molar refractivity (Wildman–Crippen MR) is 115 cm³/mol. The molecule has 3 aromatic rings. The van der Waals surface area contributed by atoms with Gasteiger partial charge in [0.15, 0.2) is 5.82 Å². The zero-order valence-corrected chi connectivity index (χ0v) is 17.1. The van der Waals surface area contributed by atoms with E-state index in [1.807, 2.05) is 68.4 Å². The molecular formula is C23H25N5O2. The maximum absolute atomic E-state index is 13.0. The van der Waals surface area contributed by atoms with Crippen LogP contribution in [-0.2, 0) is 16.0 Å². The smallest absolute Gasteiger partial charge is 0.229 e. The zero-order chi connectivity index (χ0) is 21.1. The minimum Gasteiger partial charge on any atom is -0.335 e. The minimum atomic E-state index is -0.393. The van der Waals surface area contributed by atoms with E-state index in [4.69, 9.17) is 0 Å². The van der Waals surface area contributed by atoms with Gasteiger partial charge in [0, 0.05) is 24.9 Å². The SMILES string of the molecule is CCc1nc(-c2ccccc2NC(=O)C2CC(=O)N(C(C)c3ccccc3)C2)n[nH]1. The van der Waals surface area contributed by atoms with E-state index in [-0.39, 0.29) is 24.3 Å². The van der Waals surface area contributed by atoms with Crippen molar-refractivity contribution in [3.05, 3.63) is 66.0 Å². The predicted octanol–water partition coefficient (Wildman–Crippen LogP) is 3.58. The van der Waals surface area contributed by atoms with Gasteiger partial charge in [-0.2, -0.15) is 5.10 Å². The van der Waals surface area contributed by atoms with Crippen molar-refractivity contribution < 1.29 is 9.59 Å². The van der Waals surface area contributed by atoms with Crippen molar-refractivity contribution in [2.45, 2.75) is 32.7 Å². The Morgan fingerprint density at radius 3 is 2.67 bits per heavy atom. The lowest BCUT2D eigenvalue weighted by Gasteiger charge is -2.25. The molecule has 2 atom stereocenters. The fraction of sp³-hybridized carbons (Fsp3) is 0.304. The molecule has 30 heavy (non-hydrogen) atoms. The molecular weight excluding hydrogens is 378 g/mol. The number of aryl methyl sites for hydroxylation is 1. The van der Waals surface area contributed by atoms with Crippen LogP contribution in [0.5, 0.6) is 0 Å². The molecule has 0 bridgehead atoms. The maximum atomic E-state index is 13.0. The second-order valence-corrected chi connectivity index (χ2v) is 7.53. The van der Waals surface area contributed by atoms with E-state index in [0.29, 0.717) is 18.1 Å². The van der Waals surface area contributed by atoms with E-state index in [1.54, 1.807) is 4.90 Å². The molecule has 154 valence electrons. The highest BCUT2D eigenvalue weighted by Gasteiger charge is 2.37. The zero-order valence-electron chi connectivity index (χ0n) is 17.1. The molecule has 0 saturated carbocycles. The number of anilines is 1. The molecule has 1 aromatic heterocycles. The first-order chi connectivity index (χ1) is 14.6. The van der Waals surface area contributed by atoms with Crippen LogP contribution in [-0.4, -0.2) is 38.4 Å². The third kappa shape index (κ3) is 3.96. The Bertz CT molecular complexity index is 1050. The largest absolute Gasteiger partial charge is 0.335 e. The molecule has 2 amide bonds. The van der Waals surface area contributed by atoms with Crippen LogP contribution in [0.1, 0.15) is 37.7 Å². The molecule has 4 rings (SSSR count). The van der Waals surface area contributed by atoms with Gasteiger partial charge < -0.3 is 10.2 Å². The Morgan fingerprint density at radius 2 is 1.93 bits per heavy atom. The highest BCUT2D eigenvalue weighted by Crippen LogP contribution is 2.30. The summed E-state index contributed by atoms with van der Waals surface area (Å²) in [5.41, 5.74) is 2.46. The van der Waals surface area contributed by atoms with Crippen molar-refractivity contribution in [1.29, 1.82) is 0 Å². The molecule has 1 fully saturated rings. The second-order valence-electron chi connectivity index (χ2n) is 7.53. The number of nitrogens with one attached hydrogen (secondary N) is 2. The van der Waals surface area contributed by atoms with Gasteiger partial charge in [0.05, 0.1) is 17.6 Å². The summed E-state index contributed by atoms with van der Waals surface area (Å²) in [5.74, 6) is 0.781. The molecule has 2 N–H and O–H groups in total. The first-order valence-corrected chi connectivity index (χ1v) is 10.2. The van der Waals surface area contributed by atoms with Crippen LogP contribution in [0, 0.1) is 5.92 Å². The lowest BCUT2D eigenvalue weighted by Crippen LogP contribution is -2.30. The Balaban J connectivity index is 1.48. The first-order valence-electron chi connectivity index (χ1n) is 10.2. The minimum absolute atomic E-state index is 0.00124. The number of carbonyl (C=O) groups excluding carboxylic acids is 2. The van der Waals surface area contributed by atoms with Crippen molar-refractivity contribution in [1.82, 2.24) is 20.1 Å². The lowest BCUT2D eigenvalue weighted by atomic mass is 10.1. The topological polar surface area (TPSA) is 91.0 Å². The van der Waals surface area contributed by atoms with Crippen LogP contribution in [0.2, 0.25) is 0 Å². The number of aromatic nitrogens is 3. The Hall–Kier alpha value is -3.48. The summed E-state index contributed by atoms with van der Waals surface area (Å²) in [5, 5.41) is 10.1. The van der Waals surface area contributed by atoms with Gasteiger partial charge in [0.25, 0.3) is 0 Å². The van der Waals surface area contributed by atoms with Gasteiger partial charge >= 0.3 is 0 Å². The van der Waals surface area contributed by atoms with Crippen LogP contribution in [0.3, 0.4) is 0 Å². The molecule has 1 saturated heterocycles. The van der Waals surface area contributed by atoms with Gasteiger partial charge in [-0.15, -0.1) is 0 Å². The summed E-state index contributed by atoms with van der Waals surface area (Å²) < 4.78 is 0. The van der Waals surface area contributed by atoms with E-state index in [2.05, 4.69) is 20.5 Å². The van der Waals surface area contributed by atoms with Crippen LogP contribution in [0.4, 0.5) is 5.69 Å². The number of para-hydroxylation sites is 1. The van der Waals surface area contributed by atoms with Crippen LogP contribution in [0.25, 0.3) is 11.4 Å². The summed E-state index contributed by atoms with van der Waals surface area (Å²) in [6, 6.07) is 17.3. The van der Waals surface area contributed by atoms with Crippen molar-refractivity contribution in [2.24, 2.45) is 5.92 Å². The van der Waals surface area contributed by atoms with Gasteiger partial charge in [-0.25, -0.2) is 4.98 Å². The number of nitrogens with zero attached hydrogens (tertiary/aromatic N) is 3. The van der Waals surface area contributed by atoms with Gasteiger partial charge in [-0.1, -0.05) is 49.4 Å². The number of amides is 2. The fourth-order valence-corrected chi connectivity index (χ4v) is 3.79. The van der Waals surface area contributed by atoms with E-state index < -0.39 is 5.92 Å². The van der Waals surface area contributed by atoms with Crippen LogP contribution < -0.4 is 5.32 Å². The Morgan fingerprint density at radius 1 is 1.20 bits per heavy atom. The Labute approximate surface area is 175 Å². The number of carbonyl (C=O) groups is 2. The Kier molecular flexibility index (Phi) is 5.61. The highest BCUT2D eigenvalue weighted by atomic mass is 16.2. The standard InChI is InChI=1S/C23H25N5O2/c1-3-20-25-22(27-26-20)18-11-7-8-12-19(18)24-23(30)17-13-21(29)28(14-17)15(2)16-9-5-4-6-10-16/h4-12,15,17H,3,13-14H2,1-2H3,(H,24,30)(H,25,26,27). The van der Waals surface area contributed by atoms with E-state index >= 15 is 0 Å². The number of rotatable bonds is 6. The van der Waals surface area contributed by atoms with Gasteiger partial charge in [0.1, 0.15) is 5.82 Å². The number of H-pyrrole nitrogens is 1. The fourth-order valence-electron chi connectivity index (χ4n) is 3.79. The number of hydrogen-bond acceptors (Lipinski definition) is 4. The number of likely N-dealkylation sites (tertiary alicyclic amines) is 1. The summed E-state index contributed by atoms with van der Waals surface area (Å²) in [4.78, 5) is 31.8. The van der Waals surface area contributed by atoms with Crippen molar-refractivity contribution >= 4 is 17.5 Å². The third-order valence-electron chi connectivity index (χ3n) is 5.57. The molecule has 7 heteroatoms. The molecule has 0 radical (unpaired) electrons. The normalized spacial score (nSPS) is 17.2. The average Bonchev–Trinajstić information content (AvgIpc) is 3.41. The molecule has 2 unspecified atom stereocenters. The molecule has 1 aliphatic heterocycles. The van der Waals surface area contributed by atoms with E-state index in [9.17, 15) is 9.59 Å². The third-order valence-corrected chi connectivity index (χ3v) is 5.57. The lowest BCUT2D eigenvalue weighted by molar-refractivity contribution is -0.129. The van der Waals surface area contributed by atoms with E-state index in [0.717, 1.165) is 23.4 Å². The van der Waals surface area contributed by atoms with Crippen molar-refractivity contribution in [3.63, 3.8) is 0 Å².